The number of rotatable bonds is 4. The Morgan fingerprint density at radius 1 is 1.09 bits per heavy atom. The van der Waals surface area contributed by atoms with Gasteiger partial charge < -0.3 is 35.5 Å². The summed E-state index contributed by atoms with van der Waals surface area (Å²) in [7, 11) is 0. The number of nitrogens with zero attached hydrogens (tertiary/aromatic N) is 3. The first-order chi connectivity index (χ1) is 21.2. The summed E-state index contributed by atoms with van der Waals surface area (Å²) >= 11 is 0. The molecule has 0 aromatic heterocycles. The van der Waals surface area contributed by atoms with Gasteiger partial charge in [-0.2, -0.15) is 36.9 Å². The third kappa shape index (κ3) is 8.75. The van der Waals surface area contributed by atoms with Gasteiger partial charge in [-0.25, -0.2) is 4.79 Å². The molecule has 2 fully saturated rings. The molecule has 1 unspecified atom stereocenters. The van der Waals surface area contributed by atoms with E-state index in [1.807, 2.05) is 5.32 Å². The molecule has 242 valence electrons. The van der Waals surface area contributed by atoms with Crippen LogP contribution in [0.1, 0.15) is 40.8 Å². The van der Waals surface area contributed by atoms with Gasteiger partial charge in [-0.15, -0.1) is 0 Å². The maximum atomic E-state index is 13.2. The fraction of sp³-hybridized carbons (Fsp3) is 0.429. The van der Waals surface area contributed by atoms with E-state index >= 15 is 0 Å². The number of anilines is 3. The smallest absolute Gasteiger partial charge is 0.416 e. The van der Waals surface area contributed by atoms with Crippen LogP contribution in [-0.2, 0) is 36.2 Å². The van der Waals surface area contributed by atoms with E-state index in [2.05, 4.69) is 10.1 Å². The van der Waals surface area contributed by atoms with Crippen molar-refractivity contribution >= 4 is 28.9 Å². The number of hydrogen-bond acceptors (Lipinski definition) is 10. The molecule has 4 rings (SSSR count). The highest BCUT2D eigenvalue weighted by atomic mass is 19.4. The predicted octanol–water partition coefficient (Wildman–Crippen LogP) is 3.74. The molecular formula is C28H28F6N6O5. The number of hydrogen-bond donors (Lipinski definition) is 3. The zero-order chi connectivity index (χ0) is 33.4. The molecule has 4 N–H and O–H groups in total. The molecule has 0 saturated carbocycles. The molecule has 1 amide bonds. The van der Waals surface area contributed by atoms with Gasteiger partial charge in [-0.3, -0.25) is 4.79 Å². The highest BCUT2D eigenvalue weighted by Crippen LogP contribution is 2.40. The van der Waals surface area contributed by atoms with E-state index in [1.165, 1.54) is 6.92 Å². The summed E-state index contributed by atoms with van der Waals surface area (Å²) in [4.78, 5) is 24.8. The summed E-state index contributed by atoms with van der Waals surface area (Å²) in [6.45, 7) is 3.71. The van der Waals surface area contributed by atoms with Crippen molar-refractivity contribution < 1.29 is 50.1 Å². The van der Waals surface area contributed by atoms with E-state index in [4.69, 9.17) is 20.5 Å². The summed E-state index contributed by atoms with van der Waals surface area (Å²) in [5.74, 6) is -2.50. The van der Waals surface area contributed by atoms with Crippen LogP contribution in [0.25, 0.3) is 0 Å². The molecule has 11 nitrogen and oxygen atoms in total. The number of esters is 1. The molecule has 0 aliphatic carbocycles. The molecule has 2 aliphatic heterocycles. The Morgan fingerprint density at radius 3 is 2.31 bits per heavy atom. The normalized spacial score (nSPS) is 16.8. The second-order valence-electron chi connectivity index (χ2n) is 9.46. The average Bonchev–Trinajstić information content (AvgIpc) is 3.00. The van der Waals surface area contributed by atoms with Crippen LogP contribution < -0.4 is 21.3 Å². The van der Waals surface area contributed by atoms with E-state index in [0.29, 0.717) is 45.5 Å². The van der Waals surface area contributed by atoms with Crippen LogP contribution in [0.3, 0.4) is 0 Å². The number of halogens is 6. The van der Waals surface area contributed by atoms with Crippen LogP contribution >= 0.6 is 0 Å². The van der Waals surface area contributed by atoms with E-state index in [1.54, 1.807) is 17.0 Å². The number of carbonyl (C=O) groups is 2. The van der Waals surface area contributed by atoms with Crippen LogP contribution in [0.2, 0.25) is 0 Å². The number of amides is 1. The van der Waals surface area contributed by atoms with E-state index < -0.39 is 47.1 Å². The predicted molar refractivity (Wildman–Crippen MR) is 147 cm³/mol. The first-order valence-corrected chi connectivity index (χ1v) is 13.4. The monoisotopic (exact) mass is 642 g/mol. The van der Waals surface area contributed by atoms with Crippen molar-refractivity contribution in [3.05, 3.63) is 52.1 Å². The van der Waals surface area contributed by atoms with Gasteiger partial charge in [0.2, 0.25) is 0 Å². The molecular weight excluding hydrogens is 614 g/mol. The number of ether oxygens (including phenoxy) is 3. The highest BCUT2D eigenvalue weighted by Gasteiger charge is 2.38. The molecule has 0 radical (unpaired) electrons. The van der Waals surface area contributed by atoms with E-state index in [0.717, 1.165) is 18.2 Å². The number of carbonyl (C=O) groups excluding carboxylic acids is 2. The fourth-order valence-corrected chi connectivity index (χ4v) is 4.51. The van der Waals surface area contributed by atoms with Crippen molar-refractivity contribution in [1.82, 2.24) is 5.32 Å². The fourth-order valence-electron chi connectivity index (χ4n) is 4.51. The van der Waals surface area contributed by atoms with Crippen LogP contribution in [0.15, 0.2) is 24.3 Å². The Labute approximate surface area is 253 Å². The maximum Gasteiger partial charge on any atom is 0.416 e. The van der Waals surface area contributed by atoms with Crippen LogP contribution in [0, 0.1) is 22.7 Å². The summed E-state index contributed by atoms with van der Waals surface area (Å²) in [5.41, 5.74) is 2.96. The second kappa shape index (κ2) is 14.9. The van der Waals surface area contributed by atoms with Gasteiger partial charge in [0, 0.05) is 31.7 Å². The number of nitriles is 2. The lowest BCUT2D eigenvalue weighted by Gasteiger charge is -2.30. The zero-order valence-corrected chi connectivity index (χ0v) is 23.8. The van der Waals surface area contributed by atoms with E-state index in [9.17, 15) is 41.2 Å². The molecule has 0 bridgehead atoms. The SMILES string of the molecule is CCOC(=O)C(=O)Nc1cc(C(F)(F)F)cc(N2CCOCC2)c1C#N.N#Cc1ccc(C(F)(F)F)c(C2CNCCO2)c1N. The standard InChI is InChI=1S/C16H16F3N3O4.C12H12F3N3O/c1-2-26-15(24)14(23)21-12-7-10(16(17,18)19)8-13(11(12)9-20)22-3-5-25-6-4-22;13-12(14,15)8-2-1-7(5-16)11(17)10(8)9-6-18-3-4-19-9/h7-8H,2-6H2,1H3,(H,21,23);1-2,9,18H,3-4,6,17H2. The summed E-state index contributed by atoms with van der Waals surface area (Å²) in [5, 5.41) is 23.3. The lowest BCUT2D eigenvalue weighted by molar-refractivity contribution is -0.152. The minimum Gasteiger partial charge on any atom is -0.459 e. The lowest BCUT2D eigenvalue weighted by Crippen LogP contribution is -2.37. The Balaban J connectivity index is 0.000000257. The quantitative estimate of drug-likeness (QED) is 0.194. The molecule has 2 heterocycles. The van der Waals surface area contributed by atoms with Gasteiger partial charge in [-0.05, 0) is 31.2 Å². The summed E-state index contributed by atoms with van der Waals surface area (Å²) in [6, 6.07) is 7.02. The van der Waals surface area contributed by atoms with Gasteiger partial charge in [-0.1, -0.05) is 0 Å². The van der Waals surface area contributed by atoms with Crippen molar-refractivity contribution in [1.29, 1.82) is 10.5 Å². The molecule has 2 aliphatic rings. The number of alkyl halides is 6. The Bertz CT molecular complexity index is 1470. The summed E-state index contributed by atoms with van der Waals surface area (Å²) < 4.78 is 93.7. The van der Waals surface area contributed by atoms with Crippen molar-refractivity contribution in [2.24, 2.45) is 0 Å². The third-order valence-corrected chi connectivity index (χ3v) is 6.58. The highest BCUT2D eigenvalue weighted by molar-refractivity contribution is 6.37. The topological polar surface area (TPSA) is 163 Å². The minimum absolute atomic E-state index is 0.0183. The van der Waals surface area contributed by atoms with Crippen LogP contribution in [0.4, 0.5) is 43.4 Å². The van der Waals surface area contributed by atoms with Crippen molar-refractivity contribution in [3.63, 3.8) is 0 Å². The minimum atomic E-state index is -4.70. The van der Waals surface area contributed by atoms with Gasteiger partial charge >= 0.3 is 24.2 Å². The number of benzene rings is 2. The molecule has 2 saturated heterocycles. The third-order valence-electron chi connectivity index (χ3n) is 6.58. The maximum absolute atomic E-state index is 13.2. The van der Waals surface area contributed by atoms with E-state index in [-0.39, 0.29) is 41.2 Å². The molecule has 2 aromatic carbocycles. The average molecular weight is 643 g/mol. The number of nitrogens with two attached hydrogens (primary N) is 1. The van der Waals surface area contributed by atoms with Crippen LogP contribution in [-0.4, -0.2) is 64.5 Å². The van der Waals surface area contributed by atoms with Gasteiger partial charge in [0.1, 0.15) is 12.1 Å². The Morgan fingerprint density at radius 2 is 1.78 bits per heavy atom. The van der Waals surface area contributed by atoms with Gasteiger partial charge in [0.15, 0.2) is 0 Å². The van der Waals surface area contributed by atoms with Crippen molar-refractivity contribution in [2.75, 3.05) is 68.6 Å². The second-order valence-corrected chi connectivity index (χ2v) is 9.46. The van der Waals surface area contributed by atoms with Gasteiger partial charge in [0.05, 0.1) is 71.8 Å². The Hall–Kier alpha value is -4.58. The number of morpholine rings is 2. The molecule has 0 spiro atoms. The largest absolute Gasteiger partial charge is 0.459 e. The number of nitrogens with one attached hydrogen (secondary N) is 2. The van der Waals surface area contributed by atoms with Crippen LogP contribution in [0.5, 0.6) is 0 Å². The zero-order valence-electron chi connectivity index (χ0n) is 23.8. The molecule has 45 heavy (non-hydrogen) atoms. The first-order valence-electron chi connectivity index (χ1n) is 13.4. The van der Waals surface area contributed by atoms with Gasteiger partial charge in [0.25, 0.3) is 0 Å². The molecule has 17 heteroatoms. The molecule has 2 aromatic rings. The Kier molecular flexibility index (Phi) is 11.6. The molecule has 1 atom stereocenters. The first kappa shape index (κ1) is 34.9. The van der Waals surface area contributed by atoms with Crippen molar-refractivity contribution in [2.45, 2.75) is 25.4 Å². The summed E-state index contributed by atoms with van der Waals surface area (Å²) in [6.07, 6.45) is -10.0. The lowest BCUT2D eigenvalue weighted by atomic mass is 9.96. The number of nitrogen functional groups attached to an aromatic ring is 1. The van der Waals surface area contributed by atoms with Crippen molar-refractivity contribution in [3.8, 4) is 12.1 Å².